The Morgan fingerprint density at radius 1 is 1.47 bits per heavy atom. The van der Waals surface area contributed by atoms with E-state index in [4.69, 9.17) is 9.47 Å². The van der Waals surface area contributed by atoms with Gasteiger partial charge in [-0.1, -0.05) is 25.1 Å². The van der Waals surface area contributed by atoms with Crippen molar-refractivity contribution in [2.75, 3.05) is 7.11 Å². The summed E-state index contributed by atoms with van der Waals surface area (Å²) in [5.74, 6) is 0.686. The van der Waals surface area contributed by atoms with E-state index < -0.39 is 5.60 Å². The number of ether oxygens (including phenoxy) is 2. The second-order valence-corrected chi connectivity index (χ2v) is 4.66. The first kappa shape index (κ1) is 12.0. The van der Waals surface area contributed by atoms with Gasteiger partial charge in [0.25, 0.3) is 0 Å². The summed E-state index contributed by atoms with van der Waals surface area (Å²) >= 11 is 0. The molecule has 0 aromatic heterocycles. The van der Waals surface area contributed by atoms with E-state index >= 15 is 0 Å². The summed E-state index contributed by atoms with van der Waals surface area (Å²) in [4.78, 5) is 11.7. The van der Waals surface area contributed by atoms with Crippen LogP contribution in [0, 0.1) is 5.92 Å². The number of benzene rings is 1. The lowest BCUT2D eigenvalue weighted by molar-refractivity contribution is -0.150. The molecule has 0 aliphatic carbocycles. The van der Waals surface area contributed by atoms with Gasteiger partial charge in [0.05, 0.1) is 13.0 Å². The average molecular weight is 234 g/mol. The molecule has 2 rings (SSSR count). The highest BCUT2D eigenvalue weighted by Crippen LogP contribution is 2.43. The van der Waals surface area contributed by atoms with Crippen LogP contribution in [0.4, 0.5) is 0 Å². The van der Waals surface area contributed by atoms with E-state index in [0.717, 1.165) is 24.2 Å². The van der Waals surface area contributed by atoms with Crippen molar-refractivity contribution in [3.05, 3.63) is 29.8 Å². The number of rotatable bonds is 3. The monoisotopic (exact) mass is 234 g/mol. The van der Waals surface area contributed by atoms with Crippen molar-refractivity contribution in [3.8, 4) is 5.75 Å². The van der Waals surface area contributed by atoms with Crippen LogP contribution in [0.5, 0.6) is 5.75 Å². The van der Waals surface area contributed by atoms with Crippen molar-refractivity contribution in [1.29, 1.82) is 0 Å². The molecule has 0 unspecified atom stereocenters. The molecule has 1 heterocycles. The zero-order valence-corrected chi connectivity index (χ0v) is 10.5. The van der Waals surface area contributed by atoms with E-state index in [-0.39, 0.29) is 11.9 Å². The Morgan fingerprint density at radius 3 is 2.76 bits per heavy atom. The van der Waals surface area contributed by atoms with Gasteiger partial charge in [0.15, 0.2) is 0 Å². The molecule has 1 fully saturated rings. The third-order valence-electron chi connectivity index (χ3n) is 3.46. The Kier molecular flexibility index (Phi) is 3.09. The maximum absolute atomic E-state index is 11.7. The van der Waals surface area contributed by atoms with E-state index in [1.165, 1.54) is 0 Å². The number of methoxy groups -OCH3 is 1. The van der Waals surface area contributed by atoms with Gasteiger partial charge in [-0.2, -0.15) is 0 Å². The summed E-state index contributed by atoms with van der Waals surface area (Å²) in [5, 5.41) is 0. The van der Waals surface area contributed by atoms with Crippen LogP contribution in [0.3, 0.4) is 0 Å². The first-order valence-corrected chi connectivity index (χ1v) is 5.97. The highest BCUT2D eigenvalue weighted by Gasteiger charge is 2.44. The molecule has 0 bridgehead atoms. The molecule has 3 nitrogen and oxygen atoms in total. The lowest BCUT2D eigenvalue weighted by Crippen LogP contribution is -2.21. The molecule has 2 atom stereocenters. The van der Waals surface area contributed by atoms with Gasteiger partial charge in [-0.3, -0.25) is 4.79 Å². The first-order chi connectivity index (χ1) is 8.10. The molecule has 3 heteroatoms. The molecule has 1 aromatic carbocycles. The normalized spacial score (nSPS) is 27.9. The standard InChI is InChI=1S/C14H18O3/c1-4-10-9-14(2,17-13(10)15)11-7-5-6-8-12(11)16-3/h5-8,10H,4,9H2,1-3H3/t10-,14-/m0/s1. The summed E-state index contributed by atoms with van der Waals surface area (Å²) in [5.41, 5.74) is 0.400. The van der Waals surface area contributed by atoms with Crippen molar-refractivity contribution in [2.45, 2.75) is 32.3 Å². The van der Waals surface area contributed by atoms with Crippen LogP contribution in [0.1, 0.15) is 32.3 Å². The molecular weight excluding hydrogens is 216 g/mol. The fourth-order valence-electron chi connectivity index (χ4n) is 2.46. The van der Waals surface area contributed by atoms with Crippen LogP contribution in [-0.4, -0.2) is 13.1 Å². The fraction of sp³-hybridized carbons (Fsp3) is 0.500. The maximum atomic E-state index is 11.7. The summed E-state index contributed by atoms with van der Waals surface area (Å²) in [7, 11) is 1.64. The summed E-state index contributed by atoms with van der Waals surface area (Å²) in [6, 6.07) is 7.72. The minimum absolute atomic E-state index is 0.00455. The highest BCUT2D eigenvalue weighted by atomic mass is 16.6. The first-order valence-electron chi connectivity index (χ1n) is 5.97. The van der Waals surface area contributed by atoms with Crippen molar-refractivity contribution in [2.24, 2.45) is 5.92 Å². The fourth-order valence-corrected chi connectivity index (χ4v) is 2.46. The van der Waals surface area contributed by atoms with Crippen molar-refractivity contribution in [1.82, 2.24) is 0 Å². The second kappa shape index (κ2) is 4.40. The van der Waals surface area contributed by atoms with Crippen LogP contribution in [0.15, 0.2) is 24.3 Å². The molecular formula is C14H18O3. The van der Waals surface area contributed by atoms with Crippen LogP contribution in [0.2, 0.25) is 0 Å². The molecule has 17 heavy (non-hydrogen) atoms. The SMILES string of the molecule is CC[C@H]1C[C@@](C)(c2ccccc2OC)OC1=O. The van der Waals surface area contributed by atoms with Gasteiger partial charge in [0, 0.05) is 12.0 Å². The van der Waals surface area contributed by atoms with Crippen LogP contribution in [-0.2, 0) is 15.1 Å². The Labute approximate surface area is 102 Å². The Balaban J connectivity index is 2.36. The average Bonchev–Trinajstić information content (AvgIpc) is 2.65. The zero-order valence-electron chi connectivity index (χ0n) is 10.5. The lowest BCUT2D eigenvalue weighted by atomic mass is 9.87. The Bertz CT molecular complexity index is 427. The zero-order chi connectivity index (χ0) is 12.5. The second-order valence-electron chi connectivity index (χ2n) is 4.66. The third-order valence-corrected chi connectivity index (χ3v) is 3.46. The molecule has 0 spiro atoms. The van der Waals surface area contributed by atoms with Gasteiger partial charge < -0.3 is 9.47 Å². The Morgan fingerprint density at radius 2 is 2.18 bits per heavy atom. The van der Waals surface area contributed by atoms with Crippen LogP contribution >= 0.6 is 0 Å². The number of cyclic esters (lactones) is 1. The van der Waals surface area contributed by atoms with E-state index in [1.807, 2.05) is 38.1 Å². The largest absolute Gasteiger partial charge is 0.496 e. The van der Waals surface area contributed by atoms with Crippen molar-refractivity contribution >= 4 is 5.97 Å². The van der Waals surface area contributed by atoms with Crippen molar-refractivity contribution in [3.63, 3.8) is 0 Å². The summed E-state index contributed by atoms with van der Waals surface area (Å²) < 4.78 is 10.9. The van der Waals surface area contributed by atoms with Gasteiger partial charge in [0.2, 0.25) is 0 Å². The molecule has 0 radical (unpaired) electrons. The molecule has 92 valence electrons. The molecule has 0 N–H and O–H groups in total. The number of para-hydroxylation sites is 1. The number of carbonyl (C=O) groups is 1. The van der Waals surface area contributed by atoms with Gasteiger partial charge in [0.1, 0.15) is 11.4 Å². The van der Waals surface area contributed by atoms with E-state index in [1.54, 1.807) is 7.11 Å². The molecule has 1 aliphatic heterocycles. The maximum Gasteiger partial charge on any atom is 0.309 e. The van der Waals surface area contributed by atoms with E-state index in [9.17, 15) is 4.79 Å². The predicted molar refractivity (Wildman–Crippen MR) is 64.8 cm³/mol. The number of esters is 1. The molecule has 0 amide bonds. The van der Waals surface area contributed by atoms with Crippen molar-refractivity contribution < 1.29 is 14.3 Å². The number of hydrogen-bond donors (Lipinski definition) is 0. The lowest BCUT2D eigenvalue weighted by Gasteiger charge is -2.25. The van der Waals surface area contributed by atoms with E-state index in [2.05, 4.69) is 0 Å². The quantitative estimate of drug-likeness (QED) is 0.754. The molecule has 1 aromatic rings. The smallest absolute Gasteiger partial charge is 0.309 e. The summed E-state index contributed by atoms with van der Waals surface area (Å²) in [6.45, 7) is 3.97. The molecule has 1 saturated heterocycles. The van der Waals surface area contributed by atoms with Crippen LogP contribution < -0.4 is 4.74 Å². The highest BCUT2D eigenvalue weighted by molar-refractivity contribution is 5.75. The minimum atomic E-state index is -0.551. The Hall–Kier alpha value is -1.51. The van der Waals surface area contributed by atoms with Gasteiger partial charge in [-0.05, 0) is 19.4 Å². The molecule has 0 saturated carbocycles. The topological polar surface area (TPSA) is 35.5 Å². The van der Waals surface area contributed by atoms with Gasteiger partial charge in [-0.25, -0.2) is 0 Å². The predicted octanol–water partition coefficient (Wildman–Crippen LogP) is 2.88. The van der Waals surface area contributed by atoms with E-state index in [0.29, 0.717) is 0 Å². The molecule has 1 aliphatic rings. The van der Waals surface area contributed by atoms with Crippen LogP contribution in [0.25, 0.3) is 0 Å². The minimum Gasteiger partial charge on any atom is -0.496 e. The number of carbonyl (C=O) groups excluding carboxylic acids is 1. The van der Waals surface area contributed by atoms with Gasteiger partial charge in [-0.15, -0.1) is 0 Å². The summed E-state index contributed by atoms with van der Waals surface area (Å²) in [6.07, 6.45) is 1.55. The van der Waals surface area contributed by atoms with Gasteiger partial charge >= 0.3 is 5.97 Å². The number of hydrogen-bond acceptors (Lipinski definition) is 3. The third kappa shape index (κ3) is 2.02.